The van der Waals surface area contributed by atoms with Gasteiger partial charge in [-0.2, -0.15) is 0 Å². The Morgan fingerprint density at radius 1 is 0.350 bits per heavy atom. The molecule has 0 aromatic heterocycles. The van der Waals surface area contributed by atoms with E-state index in [2.05, 4.69) is 0 Å². The lowest BCUT2D eigenvalue weighted by molar-refractivity contribution is -0.172. The van der Waals surface area contributed by atoms with Crippen LogP contribution in [0, 0.1) is 0 Å². The van der Waals surface area contributed by atoms with E-state index in [1.54, 1.807) is 0 Å². The van der Waals surface area contributed by atoms with Crippen LogP contribution < -0.4 is 0 Å². The molecule has 0 bridgehead atoms. The van der Waals surface area contributed by atoms with Gasteiger partial charge in [0.25, 0.3) is 0 Å². The topological polar surface area (TPSA) is 40.5 Å². The van der Waals surface area contributed by atoms with Gasteiger partial charge in [0.2, 0.25) is 0 Å². The van der Waals surface area contributed by atoms with Gasteiger partial charge < -0.3 is 10.2 Å². The third-order valence-electron chi connectivity index (χ3n) is 4.65. The van der Waals surface area contributed by atoms with Crippen LogP contribution in [0.3, 0.4) is 0 Å². The Kier molecular flexibility index (Phi) is 10.4. The van der Waals surface area contributed by atoms with E-state index in [0.29, 0.717) is 12.8 Å². The molecule has 0 saturated heterocycles. The molecule has 0 aliphatic heterocycles. The van der Waals surface area contributed by atoms with Gasteiger partial charge in [-0.1, -0.05) is 83.5 Å². The van der Waals surface area contributed by atoms with Gasteiger partial charge in [-0.3, -0.25) is 0 Å². The summed E-state index contributed by atoms with van der Waals surface area (Å²) in [4.78, 5) is 0. The zero-order chi connectivity index (χ0) is 14.5. The van der Waals surface area contributed by atoms with E-state index in [-0.39, 0.29) is 0 Å². The quantitative estimate of drug-likeness (QED) is 0.592. The lowest BCUT2D eigenvalue weighted by atomic mass is 9.98. The molecule has 1 aliphatic rings. The Labute approximate surface area is 126 Å². The summed E-state index contributed by atoms with van der Waals surface area (Å²) in [7, 11) is 0. The summed E-state index contributed by atoms with van der Waals surface area (Å²) in [6, 6.07) is 0. The highest BCUT2D eigenvalue weighted by Crippen LogP contribution is 2.21. The Morgan fingerprint density at radius 2 is 0.550 bits per heavy atom. The minimum absolute atomic E-state index is 0.562. The lowest BCUT2D eigenvalue weighted by Crippen LogP contribution is -2.27. The van der Waals surface area contributed by atoms with Crippen LogP contribution in [0.4, 0.5) is 0 Å². The van der Waals surface area contributed by atoms with Gasteiger partial charge >= 0.3 is 0 Å². The van der Waals surface area contributed by atoms with Crippen molar-refractivity contribution in [2.24, 2.45) is 0 Å². The zero-order valence-electron chi connectivity index (χ0n) is 13.4. The van der Waals surface area contributed by atoms with Crippen molar-refractivity contribution < 1.29 is 10.2 Å². The van der Waals surface area contributed by atoms with E-state index in [0.717, 1.165) is 25.7 Å². The summed E-state index contributed by atoms with van der Waals surface area (Å²) in [5, 5.41) is 19.8. The fourth-order valence-corrected chi connectivity index (χ4v) is 3.24. The van der Waals surface area contributed by atoms with Crippen molar-refractivity contribution in [3.05, 3.63) is 0 Å². The molecule has 0 amide bonds. The molecule has 2 heteroatoms. The van der Waals surface area contributed by atoms with Crippen molar-refractivity contribution in [1.82, 2.24) is 0 Å². The standard InChI is InChI=1S/C18H36O2/c19-18(20)16-14-12-10-8-6-4-2-1-3-5-7-9-11-13-15-17-18/h19-20H,1-17H2. The highest BCUT2D eigenvalue weighted by atomic mass is 16.5. The first-order valence-corrected chi connectivity index (χ1v) is 9.15. The minimum Gasteiger partial charge on any atom is -0.366 e. The molecule has 0 aromatic carbocycles. The molecule has 0 aromatic rings. The smallest absolute Gasteiger partial charge is 0.162 e. The zero-order valence-corrected chi connectivity index (χ0v) is 13.4. The minimum atomic E-state index is -1.40. The monoisotopic (exact) mass is 284 g/mol. The van der Waals surface area contributed by atoms with Crippen LogP contribution in [0.1, 0.15) is 109 Å². The summed E-state index contributed by atoms with van der Waals surface area (Å²) >= 11 is 0. The Hall–Kier alpha value is -0.0800. The summed E-state index contributed by atoms with van der Waals surface area (Å²) in [5.41, 5.74) is 0. The molecule has 1 saturated carbocycles. The molecule has 0 heterocycles. The number of hydrogen-bond acceptors (Lipinski definition) is 2. The third-order valence-corrected chi connectivity index (χ3v) is 4.65. The second kappa shape index (κ2) is 11.6. The molecule has 2 N–H and O–H groups in total. The van der Waals surface area contributed by atoms with Crippen LogP contribution in [0.25, 0.3) is 0 Å². The Morgan fingerprint density at radius 3 is 0.800 bits per heavy atom. The maximum atomic E-state index is 9.92. The van der Waals surface area contributed by atoms with Crippen molar-refractivity contribution in [2.45, 2.75) is 115 Å². The van der Waals surface area contributed by atoms with Crippen molar-refractivity contribution in [3.63, 3.8) is 0 Å². The molecule has 1 fully saturated rings. The molecule has 20 heavy (non-hydrogen) atoms. The first-order chi connectivity index (χ1) is 9.71. The van der Waals surface area contributed by atoms with Crippen molar-refractivity contribution in [3.8, 4) is 0 Å². The highest BCUT2D eigenvalue weighted by Gasteiger charge is 2.21. The van der Waals surface area contributed by atoms with Crippen LogP contribution in [0.5, 0.6) is 0 Å². The SMILES string of the molecule is OC1(O)CCCCCCCCCCCCCCCCC1. The highest BCUT2D eigenvalue weighted by molar-refractivity contribution is 4.65. The van der Waals surface area contributed by atoms with Crippen LogP contribution in [0.2, 0.25) is 0 Å². The summed E-state index contributed by atoms with van der Waals surface area (Å²) in [6.45, 7) is 0. The number of rotatable bonds is 0. The fourth-order valence-electron chi connectivity index (χ4n) is 3.24. The van der Waals surface area contributed by atoms with E-state index in [1.807, 2.05) is 0 Å². The fraction of sp³-hybridized carbons (Fsp3) is 1.00. The maximum absolute atomic E-state index is 9.92. The van der Waals surface area contributed by atoms with E-state index in [4.69, 9.17) is 0 Å². The largest absolute Gasteiger partial charge is 0.366 e. The average molecular weight is 284 g/mol. The first-order valence-electron chi connectivity index (χ1n) is 9.15. The molecule has 1 aliphatic carbocycles. The predicted octanol–water partition coefficient (Wildman–Crippen LogP) is 5.31. The molecule has 0 spiro atoms. The van der Waals surface area contributed by atoms with Crippen molar-refractivity contribution in [1.29, 1.82) is 0 Å². The van der Waals surface area contributed by atoms with Crippen LogP contribution in [-0.4, -0.2) is 16.0 Å². The van der Waals surface area contributed by atoms with Gasteiger partial charge in [0.05, 0.1) is 0 Å². The van der Waals surface area contributed by atoms with Crippen LogP contribution >= 0.6 is 0 Å². The van der Waals surface area contributed by atoms with E-state index in [9.17, 15) is 10.2 Å². The van der Waals surface area contributed by atoms with Crippen molar-refractivity contribution >= 4 is 0 Å². The number of hydrogen-bond donors (Lipinski definition) is 2. The Balaban J connectivity index is 2.18. The summed E-state index contributed by atoms with van der Waals surface area (Å²) < 4.78 is 0. The Bertz CT molecular complexity index is 193. The summed E-state index contributed by atoms with van der Waals surface area (Å²) in [6.07, 6.45) is 20.3. The molecular weight excluding hydrogens is 248 g/mol. The van der Waals surface area contributed by atoms with Gasteiger partial charge in [0.1, 0.15) is 0 Å². The second-order valence-corrected chi connectivity index (χ2v) is 6.79. The van der Waals surface area contributed by atoms with Crippen LogP contribution in [0.15, 0.2) is 0 Å². The first kappa shape index (κ1) is 18.0. The van der Waals surface area contributed by atoms with E-state index in [1.165, 1.54) is 70.6 Å². The molecule has 0 radical (unpaired) electrons. The lowest BCUT2D eigenvalue weighted by Gasteiger charge is -2.21. The van der Waals surface area contributed by atoms with Gasteiger partial charge in [0.15, 0.2) is 5.79 Å². The molecular formula is C18H36O2. The van der Waals surface area contributed by atoms with E-state index < -0.39 is 5.79 Å². The van der Waals surface area contributed by atoms with Gasteiger partial charge in [-0.15, -0.1) is 0 Å². The van der Waals surface area contributed by atoms with E-state index >= 15 is 0 Å². The van der Waals surface area contributed by atoms with Crippen molar-refractivity contribution in [2.75, 3.05) is 0 Å². The normalized spacial score (nSPS) is 25.5. The third kappa shape index (κ3) is 10.7. The van der Waals surface area contributed by atoms with Gasteiger partial charge in [-0.25, -0.2) is 0 Å². The predicted molar refractivity (Wildman–Crippen MR) is 85.7 cm³/mol. The molecule has 1 rings (SSSR count). The second-order valence-electron chi connectivity index (χ2n) is 6.79. The molecule has 0 atom stereocenters. The maximum Gasteiger partial charge on any atom is 0.162 e. The molecule has 0 unspecified atom stereocenters. The molecule has 120 valence electrons. The average Bonchev–Trinajstić information content (AvgIpc) is 2.41. The van der Waals surface area contributed by atoms with Gasteiger partial charge in [-0.05, 0) is 12.8 Å². The summed E-state index contributed by atoms with van der Waals surface area (Å²) in [5.74, 6) is -1.40. The van der Waals surface area contributed by atoms with Gasteiger partial charge in [0, 0.05) is 12.8 Å². The number of aliphatic hydroxyl groups is 2. The molecule has 2 nitrogen and oxygen atoms in total. The van der Waals surface area contributed by atoms with Crippen LogP contribution in [-0.2, 0) is 0 Å².